The summed E-state index contributed by atoms with van der Waals surface area (Å²) in [7, 11) is 0. The van der Waals surface area contributed by atoms with Gasteiger partial charge in [0.1, 0.15) is 24.0 Å². The zero-order valence-electron chi connectivity index (χ0n) is 16.7. The molecule has 162 valence electrons. The van der Waals surface area contributed by atoms with Gasteiger partial charge in [-0.3, -0.25) is 9.78 Å². The SMILES string of the molecule is O=C(NCCCc1cc(F)cc(F)c1)c1cc(Br)cc(OCCNc2ccncc2)c1. The maximum absolute atomic E-state index is 13.2. The Morgan fingerprint density at radius 2 is 1.74 bits per heavy atom. The monoisotopic (exact) mass is 489 g/mol. The van der Waals surface area contributed by atoms with Crippen molar-refractivity contribution in [2.75, 3.05) is 25.0 Å². The fraction of sp³-hybridized carbons (Fsp3) is 0.217. The molecule has 2 N–H and O–H groups in total. The first-order valence-electron chi connectivity index (χ1n) is 9.80. The van der Waals surface area contributed by atoms with Crippen molar-refractivity contribution < 1.29 is 18.3 Å². The lowest BCUT2D eigenvalue weighted by Gasteiger charge is -2.11. The van der Waals surface area contributed by atoms with Gasteiger partial charge in [0.15, 0.2) is 0 Å². The normalized spacial score (nSPS) is 10.5. The van der Waals surface area contributed by atoms with Crippen molar-refractivity contribution in [1.82, 2.24) is 10.3 Å². The minimum atomic E-state index is -0.600. The van der Waals surface area contributed by atoms with Crippen LogP contribution in [-0.2, 0) is 6.42 Å². The minimum Gasteiger partial charge on any atom is -0.492 e. The predicted octanol–water partition coefficient (Wildman–Crippen LogP) is 4.98. The lowest BCUT2D eigenvalue weighted by atomic mass is 10.1. The quantitative estimate of drug-likeness (QED) is 0.394. The first-order valence-corrected chi connectivity index (χ1v) is 10.6. The lowest BCUT2D eigenvalue weighted by Crippen LogP contribution is -2.25. The first-order chi connectivity index (χ1) is 15.0. The molecule has 0 aliphatic heterocycles. The highest BCUT2D eigenvalue weighted by Crippen LogP contribution is 2.21. The number of ether oxygens (including phenoxy) is 1. The molecule has 3 rings (SSSR count). The highest BCUT2D eigenvalue weighted by molar-refractivity contribution is 9.10. The van der Waals surface area contributed by atoms with E-state index in [9.17, 15) is 13.6 Å². The molecule has 0 saturated heterocycles. The first kappa shape index (κ1) is 22.7. The zero-order chi connectivity index (χ0) is 22.1. The van der Waals surface area contributed by atoms with Crippen LogP contribution in [0.3, 0.4) is 0 Å². The molecule has 0 atom stereocenters. The van der Waals surface area contributed by atoms with Gasteiger partial charge in [-0.15, -0.1) is 0 Å². The van der Waals surface area contributed by atoms with E-state index in [1.54, 1.807) is 30.6 Å². The van der Waals surface area contributed by atoms with E-state index in [-0.39, 0.29) is 5.91 Å². The van der Waals surface area contributed by atoms with Crippen molar-refractivity contribution in [3.63, 3.8) is 0 Å². The van der Waals surface area contributed by atoms with Crippen LogP contribution in [0.4, 0.5) is 14.5 Å². The van der Waals surface area contributed by atoms with E-state index >= 15 is 0 Å². The standard InChI is InChI=1S/C23H22BrF2N3O2/c24-18-12-17(13-22(14-18)31-9-8-28-21-3-6-27-7-4-21)23(30)29-5-1-2-16-10-19(25)15-20(26)11-16/h3-4,6-7,10-15H,1-2,5,8-9H2,(H,27,28)(H,29,30). The summed E-state index contributed by atoms with van der Waals surface area (Å²) in [5, 5.41) is 6.04. The number of aromatic nitrogens is 1. The molecule has 2 aromatic carbocycles. The second kappa shape index (κ2) is 11.4. The molecule has 5 nitrogen and oxygen atoms in total. The number of halogens is 3. The number of aryl methyl sites for hydroxylation is 1. The maximum Gasteiger partial charge on any atom is 0.251 e. The number of nitrogens with one attached hydrogen (secondary N) is 2. The van der Waals surface area contributed by atoms with Crippen LogP contribution in [0.25, 0.3) is 0 Å². The number of carbonyl (C=O) groups is 1. The van der Waals surface area contributed by atoms with Gasteiger partial charge in [0, 0.05) is 47.3 Å². The summed E-state index contributed by atoms with van der Waals surface area (Å²) in [6.45, 7) is 1.40. The van der Waals surface area contributed by atoms with Crippen LogP contribution in [0.15, 0.2) is 65.4 Å². The number of anilines is 1. The van der Waals surface area contributed by atoms with Crippen molar-refractivity contribution in [2.45, 2.75) is 12.8 Å². The van der Waals surface area contributed by atoms with Gasteiger partial charge in [-0.1, -0.05) is 15.9 Å². The van der Waals surface area contributed by atoms with E-state index in [1.807, 2.05) is 12.1 Å². The highest BCUT2D eigenvalue weighted by atomic mass is 79.9. The summed E-state index contributed by atoms with van der Waals surface area (Å²) in [6, 6.07) is 12.3. The number of benzene rings is 2. The second-order valence-electron chi connectivity index (χ2n) is 6.82. The molecule has 0 saturated carbocycles. The van der Waals surface area contributed by atoms with Gasteiger partial charge >= 0.3 is 0 Å². The number of hydrogen-bond donors (Lipinski definition) is 2. The number of carbonyl (C=O) groups excluding carboxylic acids is 1. The Balaban J connectivity index is 1.45. The van der Waals surface area contributed by atoms with Crippen molar-refractivity contribution in [3.05, 3.63) is 88.2 Å². The van der Waals surface area contributed by atoms with Crippen molar-refractivity contribution in [2.24, 2.45) is 0 Å². The van der Waals surface area contributed by atoms with Crippen molar-refractivity contribution in [1.29, 1.82) is 0 Å². The third-order valence-corrected chi connectivity index (χ3v) is 4.82. The van der Waals surface area contributed by atoms with E-state index in [2.05, 4.69) is 31.5 Å². The smallest absolute Gasteiger partial charge is 0.251 e. The molecule has 0 unspecified atom stereocenters. The highest BCUT2D eigenvalue weighted by Gasteiger charge is 2.09. The lowest BCUT2D eigenvalue weighted by molar-refractivity contribution is 0.0952. The summed E-state index contributed by atoms with van der Waals surface area (Å²) in [5.74, 6) is -0.869. The Labute approximate surface area is 188 Å². The van der Waals surface area contributed by atoms with Crippen LogP contribution in [-0.4, -0.2) is 30.6 Å². The Kier molecular flexibility index (Phi) is 8.35. The fourth-order valence-corrected chi connectivity index (χ4v) is 3.44. The molecule has 0 radical (unpaired) electrons. The third kappa shape index (κ3) is 7.64. The van der Waals surface area contributed by atoms with E-state index in [1.165, 1.54) is 12.1 Å². The van der Waals surface area contributed by atoms with Crippen LogP contribution in [0.1, 0.15) is 22.3 Å². The topological polar surface area (TPSA) is 63.2 Å². The molecule has 0 fully saturated rings. The molecule has 1 aromatic heterocycles. The van der Waals surface area contributed by atoms with Crippen LogP contribution >= 0.6 is 15.9 Å². The molecule has 0 aliphatic rings. The van der Waals surface area contributed by atoms with E-state index in [0.29, 0.717) is 49.4 Å². The molecule has 0 spiro atoms. The molecular weight excluding hydrogens is 468 g/mol. The Morgan fingerprint density at radius 3 is 2.48 bits per heavy atom. The summed E-state index contributed by atoms with van der Waals surface area (Å²) in [4.78, 5) is 16.4. The van der Waals surface area contributed by atoms with Gasteiger partial charge in [-0.05, 0) is 60.9 Å². The summed E-state index contributed by atoms with van der Waals surface area (Å²) in [6.07, 6.45) is 4.44. The van der Waals surface area contributed by atoms with Crippen molar-refractivity contribution >= 4 is 27.5 Å². The molecule has 8 heteroatoms. The second-order valence-corrected chi connectivity index (χ2v) is 7.74. The summed E-state index contributed by atoms with van der Waals surface area (Å²) >= 11 is 3.40. The van der Waals surface area contributed by atoms with Gasteiger partial charge in [-0.25, -0.2) is 8.78 Å². The Bertz CT molecular complexity index is 999. The van der Waals surface area contributed by atoms with E-state index < -0.39 is 11.6 Å². The van der Waals surface area contributed by atoms with Gasteiger partial charge in [-0.2, -0.15) is 0 Å². The van der Waals surface area contributed by atoms with Gasteiger partial charge < -0.3 is 15.4 Å². The predicted molar refractivity (Wildman–Crippen MR) is 119 cm³/mol. The number of nitrogens with zero attached hydrogens (tertiary/aromatic N) is 1. The van der Waals surface area contributed by atoms with Gasteiger partial charge in [0.2, 0.25) is 0 Å². The van der Waals surface area contributed by atoms with Crippen molar-refractivity contribution in [3.8, 4) is 5.75 Å². The number of hydrogen-bond acceptors (Lipinski definition) is 4. The van der Waals surface area contributed by atoms with Crippen LogP contribution in [0, 0.1) is 11.6 Å². The fourth-order valence-electron chi connectivity index (χ4n) is 2.96. The molecule has 3 aromatic rings. The molecule has 31 heavy (non-hydrogen) atoms. The van der Waals surface area contributed by atoms with Gasteiger partial charge in [0.25, 0.3) is 5.91 Å². The van der Waals surface area contributed by atoms with Gasteiger partial charge in [0.05, 0.1) is 0 Å². The maximum atomic E-state index is 13.2. The zero-order valence-corrected chi connectivity index (χ0v) is 18.3. The summed E-state index contributed by atoms with van der Waals surface area (Å²) < 4.78 is 32.9. The molecule has 0 bridgehead atoms. The number of pyridine rings is 1. The summed E-state index contributed by atoms with van der Waals surface area (Å²) in [5.41, 5.74) is 1.97. The average Bonchev–Trinajstić information content (AvgIpc) is 2.74. The Morgan fingerprint density at radius 1 is 1.00 bits per heavy atom. The molecule has 1 heterocycles. The van der Waals surface area contributed by atoms with E-state index in [0.717, 1.165) is 16.2 Å². The number of rotatable bonds is 10. The van der Waals surface area contributed by atoms with E-state index in [4.69, 9.17) is 4.74 Å². The minimum absolute atomic E-state index is 0.244. The van der Waals surface area contributed by atoms with Crippen LogP contribution < -0.4 is 15.4 Å². The molecular formula is C23H22BrF2N3O2. The third-order valence-electron chi connectivity index (χ3n) is 4.36. The Hall–Kier alpha value is -3.00. The average molecular weight is 490 g/mol. The largest absolute Gasteiger partial charge is 0.492 e. The molecule has 0 aliphatic carbocycles. The van der Waals surface area contributed by atoms with Crippen LogP contribution in [0.2, 0.25) is 0 Å². The molecule has 1 amide bonds. The number of amides is 1. The van der Waals surface area contributed by atoms with Crippen LogP contribution in [0.5, 0.6) is 5.75 Å².